The maximum absolute atomic E-state index is 9.05. The van der Waals surface area contributed by atoms with E-state index in [0.717, 1.165) is 0 Å². The maximum Gasteiger partial charge on any atom is 0.146 e. The second-order valence-corrected chi connectivity index (χ2v) is 5.00. The zero-order valence-electron chi connectivity index (χ0n) is 9.32. The molecule has 0 aliphatic rings. The molecule has 0 fully saturated rings. The van der Waals surface area contributed by atoms with E-state index in [9.17, 15) is 0 Å². The van der Waals surface area contributed by atoms with Gasteiger partial charge in [-0.2, -0.15) is 10.4 Å². The second-order valence-electron chi connectivity index (χ2n) is 3.39. The molecule has 92 valence electrons. The summed E-state index contributed by atoms with van der Waals surface area (Å²) in [7, 11) is 0. The van der Waals surface area contributed by atoms with Crippen LogP contribution in [0.4, 0.5) is 5.82 Å². The Bertz CT molecular complexity index is 645. The summed E-state index contributed by atoms with van der Waals surface area (Å²) < 4.78 is 1.48. The highest BCUT2D eigenvalue weighted by atomic mass is 35.5. The number of halogens is 2. The summed E-state index contributed by atoms with van der Waals surface area (Å²) in [4.78, 5) is 0. The number of nitrogens with two attached hydrogens (primary N) is 1. The number of anilines is 1. The van der Waals surface area contributed by atoms with Gasteiger partial charge >= 0.3 is 0 Å². The first-order valence-electron chi connectivity index (χ1n) is 4.86. The van der Waals surface area contributed by atoms with E-state index in [1.54, 1.807) is 18.2 Å². The molecule has 7 heteroatoms. The highest BCUT2D eigenvalue weighted by Gasteiger charge is 2.16. The molecule has 1 heterocycles. The molecule has 0 aliphatic carbocycles. The minimum atomic E-state index is 0.292. The molecule has 0 bridgehead atoms. The summed E-state index contributed by atoms with van der Waals surface area (Å²) in [5.41, 5.74) is 6.93. The van der Waals surface area contributed by atoms with Crippen molar-refractivity contribution in [3.8, 4) is 11.8 Å². The van der Waals surface area contributed by atoms with E-state index in [0.29, 0.717) is 32.1 Å². The largest absolute Gasteiger partial charge is 0.382 e. The van der Waals surface area contributed by atoms with E-state index in [4.69, 9.17) is 34.2 Å². The van der Waals surface area contributed by atoms with Gasteiger partial charge in [0, 0.05) is 0 Å². The van der Waals surface area contributed by atoms with Crippen molar-refractivity contribution >= 4 is 40.8 Å². The number of nitrogen functional groups attached to an aromatic ring is 1. The molecule has 2 rings (SSSR count). The van der Waals surface area contributed by atoms with Crippen LogP contribution in [0.1, 0.15) is 5.56 Å². The van der Waals surface area contributed by atoms with Crippen LogP contribution in [0.3, 0.4) is 0 Å². The molecular weight excluding hydrogens is 291 g/mol. The van der Waals surface area contributed by atoms with Gasteiger partial charge in [-0.05, 0) is 24.5 Å². The smallest absolute Gasteiger partial charge is 0.146 e. The molecule has 1 aromatic heterocycles. The Kier molecular flexibility index (Phi) is 3.71. The van der Waals surface area contributed by atoms with Crippen LogP contribution in [0.5, 0.6) is 0 Å². The van der Waals surface area contributed by atoms with Crippen molar-refractivity contribution in [2.45, 2.75) is 5.03 Å². The predicted octanol–water partition coefficient (Wildman–Crippen LogP) is 3.35. The van der Waals surface area contributed by atoms with E-state index in [1.165, 1.54) is 16.4 Å². The molecule has 4 nitrogen and oxygen atoms in total. The Labute approximate surface area is 118 Å². The minimum absolute atomic E-state index is 0.292. The molecule has 2 aromatic rings. The van der Waals surface area contributed by atoms with Gasteiger partial charge < -0.3 is 5.73 Å². The Balaban J connectivity index is 2.61. The van der Waals surface area contributed by atoms with Crippen molar-refractivity contribution in [2.75, 3.05) is 12.0 Å². The SMILES string of the molecule is CSc1nn(-c2ccc(Cl)c(Cl)c2)c(N)c1C#N. The molecule has 0 unspecified atom stereocenters. The summed E-state index contributed by atoms with van der Waals surface area (Å²) >= 11 is 13.2. The first kappa shape index (κ1) is 13.1. The topological polar surface area (TPSA) is 67.6 Å². The van der Waals surface area contributed by atoms with Gasteiger partial charge in [-0.15, -0.1) is 11.8 Å². The van der Waals surface area contributed by atoms with E-state index in [2.05, 4.69) is 5.10 Å². The van der Waals surface area contributed by atoms with Gasteiger partial charge in [0.15, 0.2) is 0 Å². The zero-order valence-corrected chi connectivity index (χ0v) is 11.6. The molecular formula is C11H8Cl2N4S. The molecule has 0 saturated heterocycles. The highest BCUT2D eigenvalue weighted by Crippen LogP contribution is 2.29. The number of thioether (sulfide) groups is 1. The lowest BCUT2D eigenvalue weighted by Crippen LogP contribution is -2.02. The van der Waals surface area contributed by atoms with Crippen LogP contribution in [0.2, 0.25) is 10.0 Å². The van der Waals surface area contributed by atoms with Crippen molar-refractivity contribution in [1.82, 2.24) is 9.78 Å². The highest BCUT2D eigenvalue weighted by molar-refractivity contribution is 7.98. The first-order valence-corrected chi connectivity index (χ1v) is 6.84. The molecule has 18 heavy (non-hydrogen) atoms. The standard InChI is InChI=1S/C11H8Cl2N4S/c1-18-11-7(5-14)10(15)17(16-11)6-2-3-8(12)9(13)4-6/h2-4H,15H2,1H3. The van der Waals surface area contributed by atoms with Crippen LogP contribution in [-0.4, -0.2) is 16.0 Å². The lowest BCUT2D eigenvalue weighted by molar-refractivity contribution is 0.846. The van der Waals surface area contributed by atoms with E-state index >= 15 is 0 Å². The van der Waals surface area contributed by atoms with Gasteiger partial charge in [0.05, 0.1) is 15.7 Å². The third kappa shape index (κ3) is 2.15. The molecule has 1 aromatic carbocycles. The number of hydrogen-bond acceptors (Lipinski definition) is 4. The molecule has 0 atom stereocenters. The fourth-order valence-corrected chi connectivity index (χ4v) is 2.28. The Morgan fingerprint density at radius 1 is 1.39 bits per heavy atom. The second kappa shape index (κ2) is 5.11. The maximum atomic E-state index is 9.05. The van der Waals surface area contributed by atoms with Crippen LogP contribution < -0.4 is 5.73 Å². The Morgan fingerprint density at radius 2 is 2.11 bits per heavy atom. The lowest BCUT2D eigenvalue weighted by atomic mass is 10.3. The fraction of sp³-hybridized carbons (Fsp3) is 0.0909. The van der Waals surface area contributed by atoms with Gasteiger partial charge in [-0.25, -0.2) is 4.68 Å². The average Bonchev–Trinajstić information content (AvgIpc) is 2.69. The van der Waals surface area contributed by atoms with Crippen LogP contribution in [0.15, 0.2) is 23.2 Å². The van der Waals surface area contributed by atoms with Gasteiger partial charge in [0.2, 0.25) is 0 Å². The predicted molar refractivity (Wildman–Crippen MR) is 74.5 cm³/mol. The monoisotopic (exact) mass is 298 g/mol. The molecule has 0 aliphatic heterocycles. The van der Waals surface area contributed by atoms with Gasteiger partial charge in [-0.3, -0.25) is 0 Å². The van der Waals surface area contributed by atoms with Gasteiger partial charge in [-0.1, -0.05) is 23.2 Å². The molecule has 0 saturated carbocycles. The summed E-state index contributed by atoms with van der Waals surface area (Å²) in [6, 6.07) is 7.09. The lowest BCUT2D eigenvalue weighted by Gasteiger charge is -2.05. The third-order valence-corrected chi connectivity index (χ3v) is 3.75. The Hall–Kier alpha value is -1.35. The van der Waals surface area contributed by atoms with Crippen molar-refractivity contribution in [3.05, 3.63) is 33.8 Å². The summed E-state index contributed by atoms with van der Waals surface area (Å²) in [6.07, 6.45) is 1.84. The van der Waals surface area contributed by atoms with E-state index in [-0.39, 0.29) is 0 Å². The zero-order chi connectivity index (χ0) is 13.3. The number of aromatic nitrogens is 2. The summed E-state index contributed by atoms with van der Waals surface area (Å²) in [6.45, 7) is 0. The summed E-state index contributed by atoms with van der Waals surface area (Å²) in [5, 5.41) is 14.8. The molecule has 0 spiro atoms. The van der Waals surface area contributed by atoms with E-state index < -0.39 is 0 Å². The Morgan fingerprint density at radius 3 is 2.61 bits per heavy atom. The van der Waals surface area contributed by atoms with Crippen molar-refractivity contribution in [1.29, 1.82) is 5.26 Å². The van der Waals surface area contributed by atoms with Crippen molar-refractivity contribution in [2.24, 2.45) is 0 Å². The minimum Gasteiger partial charge on any atom is -0.382 e. The van der Waals surface area contributed by atoms with Crippen molar-refractivity contribution < 1.29 is 0 Å². The molecule has 0 amide bonds. The first-order chi connectivity index (χ1) is 8.58. The number of hydrogen-bond donors (Lipinski definition) is 1. The van der Waals surface area contributed by atoms with Crippen LogP contribution >= 0.6 is 35.0 Å². The number of rotatable bonds is 2. The van der Waals surface area contributed by atoms with Crippen LogP contribution in [0.25, 0.3) is 5.69 Å². The quantitative estimate of drug-likeness (QED) is 0.863. The fourth-order valence-electron chi connectivity index (χ4n) is 1.47. The summed E-state index contributed by atoms with van der Waals surface area (Å²) in [5.74, 6) is 0.292. The van der Waals surface area contributed by atoms with Crippen LogP contribution in [0, 0.1) is 11.3 Å². The number of nitrogens with zero attached hydrogens (tertiary/aromatic N) is 3. The number of benzene rings is 1. The van der Waals surface area contributed by atoms with Crippen LogP contribution in [-0.2, 0) is 0 Å². The third-order valence-electron chi connectivity index (χ3n) is 2.34. The van der Waals surface area contributed by atoms with Gasteiger partial charge in [0.1, 0.15) is 22.5 Å². The average molecular weight is 299 g/mol. The molecule has 2 N–H and O–H groups in total. The van der Waals surface area contributed by atoms with Crippen molar-refractivity contribution in [3.63, 3.8) is 0 Å². The number of nitriles is 1. The van der Waals surface area contributed by atoms with Gasteiger partial charge in [0.25, 0.3) is 0 Å². The van der Waals surface area contributed by atoms with E-state index in [1.807, 2.05) is 12.3 Å². The normalized spacial score (nSPS) is 10.3. The molecule has 0 radical (unpaired) electrons.